The van der Waals surface area contributed by atoms with E-state index >= 15 is 0 Å². The number of nitrogens with zero attached hydrogens (tertiary/aromatic N) is 4. The highest BCUT2D eigenvalue weighted by Gasteiger charge is 2.13. The number of halogens is 1. The van der Waals surface area contributed by atoms with Crippen molar-refractivity contribution in [2.75, 3.05) is 6.61 Å². The first kappa shape index (κ1) is 16.2. The van der Waals surface area contributed by atoms with E-state index in [2.05, 4.69) is 10.4 Å². The van der Waals surface area contributed by atoms with Crippen molar-refractivity contribution in [3.63, 3.8) is 0 Å². The average molecular weight is 347 g/mol. The Morgan fingerprint density at radius 2 is 1.79 bits per heavy atom. The van der Waals surface area contributed by atoms with Crippen LogP contribution in [0.1, 0.15) is 0 Å². The van der Waals surface area contributed by atoms with Crippen LogP contribution in [0.4, 0.5) is 0 Å². The summed E-state index contributed by atoms with van der Waals surface area (Å²) >= 11 is 5.79. The first-order valence-corrected chi connectivity index (χ1v) is 7.66. The molecular weight excluding hydrogens is 332 g/mol. The maximum absolute atomic E-state index is 12.3. The standard InChI is InChI=1S/C16H15ClN4O3/c17-12-6-8-15(9-7-12)24-11-14(22)10-20-16(23)21(19-18-20)13-4-2-1-3-5-13/h1-9,14,22H,10-11H2/t14-/m0/s1. The molecule has 24 heavy (non-hydrogen) atoms. The SMILES string of the molecule is O=c1n(C[C@H](O)COc2ccc(Cl)cc2)nnn1-c1ccccc1. The first-order chi connectivity index (χ1) is 11.6. The molecule has 7 nitrogen and oxygen atoms in total. The van der Waals surface area contributed by atoms with Crippen molar-refractivity contribution in [2.45, 2.75) is 12.6 Å². The Morgan fingerprint density at radius 1 is 1.08 bits per heavy atom. The van der Waals surface area contributed by atoms with Crippen molar-refractivity contribution in [1.82, 2.24) is 19.8 Å². The van der Waals surface area contributed by atoms with Crippen molar-refractivity contribution in [1.29, 1.82) is 0 Å². The maximum atomic E-state index is 12.3. The number of hydrogen-bond donors (Lipinski definition) is 1. The minimum atomic E-state index is -0.903. The number of tetrazole rings is 1. The first-order valence-electron chi connectivity index (χ1n) is 7.28. The quantitative estimate of drug-likeness (QED) is 0.731. The van der Waals surface area contributed by atoms with Crippen LogP contribution >= 0.6 is 11.6 Å². The molecule has 0 fully saturated rings. The molecule has 1 aromatic heterocycles. The molecule has 0 aliphatic carbocycles. The van der Waals surface area contributed by atoms with Crippen molar-refractivity contribution in [3.05, 3.63) is 70.1 Å². The summed E-state index contributed by atoms with van der Waals surface area (Å²) in [5.74, 6) is 0.582. The lowest BCUT2D eigenvalue weighted by Gasteiger charge is -2.11. The third-order valence-corrected chi connectivity index (χ3v) is 3.53. The normalized spacial score (nSPS) is 12.1. The van der Waals surface area contributed by atoms with Crippen LogP contribution < -0.4 is 10.4 Å². The van der Waals surface area contributed by atoms with E-state index in [-0.39, 0.29) is 13.2 Å². The predicted molar refractivity (Wildman–Crippen MR) is 88.6 cm³/mol. The van der Waals surface area contributed by atoms with Gasteiger partial charge < -0.3 is 9.84 Å². The Kier molecular flexibility index (Phi) is 4.93. The van der Waals surface area contributed by atoms with Crippen LogP contribution in [-0.2, 0) is 6.54 Å². The lowest BCUT2D eigenvalue weighted by molar-refractivity contribution is 0.0879. The van der Waals surface area contributed by atoms with Crippen LogP contribution in [0.2, 0.25) is 5.02 Å². The zero-order chi connectivity index (χ0) is 16.9. The van der Waals surface area contributed by atoms with E-state index in [0.717, 1.165) is 4.68 Å². The summed E-state index contributed by atoms with van der Waals surface area (Å²) < 4.78 is 7.72. The molecule has 124 valence electrons. The summed E-state index contributed by atoms with van der Waals surface area (Å²) in [7, 11) is 0. The van der Waals surface area contributed by atoms with E-state index in [9.17, 15) is 9.90 Å². The van der Waals surface area contributed by atoms with Gasteiger partial charge in [-0.1, -0.05) is 29.8 Å². The topological polar surface area (TPSA) is 82.2 Å². The number of aliphatic hydroxyl groups is 1. The van der Waals surface area contributed by atoms with Crippen LogP contribution in [0.5, 0.6) is 5.75 Å². The minimum absolute atomic E-state index is 0.0146. The molecule has 1 heterocycles. The second kappa shape index (κ2) is 7.29. The van der Waals surface area contributed by atoms with E-state index in [4.69, 9.17) is 16.3 Å². The molecule has 3 rings (SSSR count). The minimum Gasteiger partial charge on any atom is -0.491 e. The molecule has 8 heteroatoms. The fourth-order valence-corrected chi connectivity index (χ4v) is 2.22. The second-order valence-corrected chi connectivity index (χ2v) is 5.55. The smallest absolute Gasteiger partial charge is 0.368 e. The third-order valence-electron chi connectivity index (χ3n) is 3.28. The summed E-state index contributed by atoms with van der Waals surface area (Å²) in [6.07, 6.45) is -0.903. The molecule has 3 aromatic rings. The van der Waals surface area contributed by atoms with Gasteiger partial charge in [0.15, 0.2) is 0 Å². The average Bonchev–Trinajstić information content (AvgIpc) is 2.96. The van der Waals surface area contributed by atoms with Gasteiger partial charge >= 0.3 is 5.69 Å². The molecule has 0 saturated carbocycles. The molecule has 0 aliphatic rings. The van der Waals surface area contributed by atoms with E-state index in [1.54, 1.807) is 48.5 Å². The molecule has 0 aliphatic heterocycles. The van der Waals surface area contributed by atoms with Crippen molar-refractivity contribution in [3.8, 4) is 11.4 Å². The predicted octanol–water partition coefficient (Wildman–Crippen LogP) is 1.52. The zero-order valence-corrected chi connectivity index (χ0v) is 13.4. The zero-order valence-electron chi connectivity index (χ0n) is 12.6. The number of rotatable bonds is 6. The monoisotopic (exact) mass is 346 g/mol. The molecule has 1 N–H and O–H groups in total. The molecule has 1 atom stereocenters. The van der Waals surface area contributed by atoms with Gasteiger partial charge in [0.25, 0.3) is 0 Å². The Bertz CT molecular complexity index is 846. The number of ether oxygens (including phenoxy) is 1. The van der Waals surface area contributed by atoms with Gasteiger partial charge in [-0.25, -0.2) is 4.79 Å². The lowest BCUT2D eigenvalue weighted by Crippen LogP contribution is -2.31. The number of para-hydroxylation sites is 1. The van der Waals surface area contributed by atoms with Gasteiger partial charge in [0, 0.05) is 5.02 Å². The number of hydrogen-bond acceptors (Lipinski definition) is 5. The lowest BCUT2D eigenvalue weighted by atomic mass is 10.3. The highest BCUT2D eigenvalue weighted by atomic mass is 35.5. The summed E-state index contributed by atoms with van der Waals surface area (Å²) in [4.78, 5) is 12.3. The molecule has 0 bridgehead atoms. The molecule has 0 saturated heterocycles. The van der Waals surface area contributed by atoms with E-state index in [0.29, 0.717) is 16.5 Å². The number of aliphatic hydroxyl groups excluding tert-OH is 1. The molecule has 0 unspecified atom stereocenters. The molecule has 0 amide bonds. The van der Waals surface area contributed by atoms with Gasteiger partial charge in [-0.3, -0.25) is 0 Å². The summed E-state index contributed by atoms with van der Waals surface area (Å²) in [5, 5.41) is 18.2. The number of aromatic nitrogens is 4. The summed E-state index contributed by atoms with van der Waals surface area (Å²) in [5.41, 5.74) is 0.187. The fraction of sp³-hybridized carbons (Fsp3) is 0.188. The van der Waals surface area contributed by atoms with Crippen LogP contribution in [0.15, 0.2) is 59.4 Å². The molecule has 2 aromatic carbocycles. The highest BCUT2D eigenvalue weighted by molar-refractivity contribution is 6.30. The summed E-state index contributed by atoms with van der Waals surface area (Å²) in [6, 6.07) is 15.7. The van der Waals surface area contributed by atoms with Crippen LogP contribution in [0.25, 0.3) is 5.69 Å². The van der Waals surface area contributed by atoms with E-state index in [1.165, 1.54) is 4.68 Å². The fourth-order valence-electron chi connectivity index (χ4n) is 2.10. The Morgan fingerprint density at radius 3 is 2.50 bits per heavy atom. The van der Waals surface area contributed by atoms with Gasteiger partial charge in [0.1, 0.15) is 18.5 Å². The molecular formula is C16H15ClN4O3. The van der Waals surface area contributed by atoms with Crippen molar-refractivity contribution in [2.24, 2.45) is 0 Å². The van der Waals surface area contributed by atoms with Gasteiger partial charge in [-0.05, 0) is 46.8 Å². The van der Waals surface area contributed by atoms with Crippen molar-refractivity contribution < 1.29 is 9.84 Å². The second-order valence-electron chi connectivity index (χ2n) is 5.11. The van der Waals surface area contributed by atoms with Crippen LogP contribution in [0.3, 0.4) is 0 Å². The summed E-state index contributed by atoms with van der Waals surface area (Å²) in [6.45, 7) is 0.00548. The Balaban J connectivity index is 1.63. The van der Waals surface area contributed by atoms with Crippen LogP contribution in [0, 0.1) is 0 Å². The Labute approximate surface area is 142 Å². The maximum Gasteiger partial charge on any atom is 0.368 e. The van der Waals surface area contributed by atoms with Gasteiger partial charge in [-0.15, -0.1) is 0 Å². The molecule has 0 radical (unpaired) electrons. The number of benzene rings is 2. The van der Waals surface area contributed by atoms with Crippen LogP contribution in [-0.4, -0.2) is 37.6 Å². The van der Waals surface area contributed by atoms with Gasteiger partial charge in [-0.2, -0.15) is 9.36 Å². The van der Waals surface area contributed by atoms with E-state index < -0.39 is 11.8 Å². The van der Waals surface area contributed by atoms with Gasteiger partial charge in [0.05, 0.1) is 12.2 Å². The largest absolute Gasteiger partial charge is 0.491 e. The Hall–Kier alpha value is -2.64. The van der Waals surface area contributed by atoms with E-state index in [1.807, 2.05) is 6.07 Å². The molecule has 0 spiro atoms. The highest BCUT2D eigenvalue weighted by Crippen LogP contribution is 2.15. The third kappa shape index (κ3) is 3.81. The van der Waals surface area contributed by atoms with Crippen molar-refractivity contribution >= 4 is 11.6 Å². The van der Waals surface area contributed by atoms with Gasteiger partial charge in [0.2, 0.25) is 0 Å².